The minimum atomic E-state index is -4.15. The lowest BCUT2D eigenvalue weighted by Crippen LogP contribution is -2.02. The van der Waals surface area contributed by atoms with Crippen LogP contribution in [0.1, 0.15) is 5.56 Å². The molecule has 1 rings (SSSR count). The third-order valence-corrected chi connectivity index (χ3v) is 2.77. The summed E-state index contributed by atoms with van der Waals surface area (Å²) in [6, 6.07) is 6.28. The molecular weight excluding hydrogens is 216 g/mol. The fourth-order valence-corrected chi connectivity index (χ4v) is 1.93. The van der Waals surface area contributed by atoms with Crippen LogP contribution in [0.4, 0.5) is 0 Å². The number of rotatable bonds is 4. The molecule has 0 radical (unpaired) electrons. The van der Waals surface area contributed by atoms with Crippen molar-refractivity contribution in [2.24, 2.45) is 0 Å². The Labute approximate surface area is 88.9 Å². The average Bonchev–Trinajstić information content (AvgIpc) is 2.17. The summed E-state index contributed by atoms with van der Waals surface area (Å²) in [6.07, 6.45) is 3.52. The van der Waals surface area contributed by atoms with E-state index < -0.39 is 10.1 Å². The monoisotopic (exact) mass is 228 g/mol. The smallest absolute Gasteiger partial charge is 0.294 e. The third kappa shape index (κ3) is 3.38. The second-order valence-electron chi connectivity index (χ2n) is 2.89. The van der Waals surface area contributed by atoms with Gasteiger partial charge in [-0.1, -0.05) is 18.2 Å². The van der Waals surface area contributed by atoms with Crippen molar-refractivity contribution in [1.82, 2.24) is 0 Å². The van der Waals surface area contributed by atoms with Crippen LogP contribution in [-0.4, -0.2) is 20.1 Å². The molecule has 0 fully saturated rings. The number of allylic oxidation sites excluding steroid dienone is 1. The minimum Gasteiger partial charge on any atom is -0.505 e. The van der Waals surface area contributed by atoms with Crippen LogP contribution in [0.3, 0.4) is 0 Å². The molecule has 5 heteroatoms. The van der Waals surface area contributed by atoms with Gasteiger partial charge in [-0.05, 0) is 24.1 Å². The normalized spacial score (nSPS) is 11.9. The summed E-state index contributed by atoms with van der Waals surface area (Å²) < 4.78 is 35.6. The highest BCUT2D eigenvalue weighted by Gasteiger charge is 2.13. The summed E-state index contributed by atoms with van der Waals surface area (Å²) >= 11 is 0. The van der Waals surface area contributed by atoms with E-state index in [-0.39, 0.29) is 4.90 Å². The number of ether oxygens (including phenoxy) is 1. The molecule has 0 bridgehead atoms. The van der Waals surface area contributed by atoms with E-state index in [1.165, 1.54) is 19.4 Å². The predicted octanol–water partition coefficient (Wildman–Crippen LogP) is 1.64. The number of methoxy groups -OCH3 is 1. The molecule has 1 aromatic rings. The standard InChI is InChI=1S/C10H12O4S/c1-14-8-4-6-9-5-2-3-7-10(9)15(11,12)13/h2-5,7-8H,6H2,1H3,(H,11,12,13). The van der Waals surface area contributed by atoms with Crippen molar-refractivity contribution in [2.75, 3.05) is 7.11 Å². The molecule has 0 aliphatic rings. The van der Waals surface area contributed by atoms with Gasteiger partial charge in [0.25, 0.3) is 10.1 Å². The average molecular weight is 228 g/mol. The van der Waals surface area contributed by atoms with Crippen molar-refractivity contribution in [3.8, 4) is 0 Å². The van der Waals surface area contributed by atoms with Crippen molar-refractivity contribution >= 4 is 10.1 Å². The Morgan fingerprint density at radius 3 is 2.67 bits per heavy atom. The second-order valence-corrected chi connectivity index (χ2v) is 4.28. The van der Waals surface area contributed by atoms with E-state index in [9.17, 15) is 8.42 Å². The molecule has 0 saturated carbocycles. The molecule has 15 heavy (non-hydrogen) atoms. The Morgan fingerprint density at radius 2 is 2.07 bits per heavy atom. The van der Waals surface area contributed by atoms with Gasteiger partial charge in [0.2, 0.25) is 0 Å². The number of hydrogen-bond donors (Lipinski definition) is 1. The Morgan fingerprint density at radius 1 is 1.40 bits per heavy atom. The van der Waals surface area contributed by atoms with Gasteiger partial charge in [0.1, 0.15) is 0 Å². The Hall–Kier alpha value is -1.33. The van der Waals surface area contributed by atoms with Crippen LogP contribution < -0.4 is 0 Å². The first kappa shape index (κ1) is 11.7. The summed E-state index contributed by atoms with van der Waals surface area (Å²) in [7, 11) is -2.64. The zero-order valence-electron chi connectivity index (χ0n) is 8.25. The Kier molecular flexibility index (Phi) is 3.88. The maximum atomic E-state index is 11.0. The molecule has 0 atom stereocenters. The van der Waals surface area contributed by atoms with Crippen molar-refractivity contribution in [2.45, 2.75) is 11.3 Å². The quantitative estimate of drug-likeness (QED) is 0.628. The van der Waals surface area contributed by atoms with Crippen LogP contribution in [0.25, 0.3) is 0 Å². The summed E-state index contributed by atoms with van der Waals surface area (Å²) in [5, 5.41) is 0. The van der Waals surface area contributed by atoms with Gasteiger partial charge >= 0.3 is 0 Å². The third-order valence-electron chi connectivity index (χ3n) is 1.82. The molecule has 0 spiro atoms. The van der Waals surface area contributed by atoms with E-state index in [1.807, 2.05) is 0 Å². The maximum Gasteiger partial charge on any atom is 0.294 e. The summed E-state index contributed by atoms with van der Waals surface area (Å²) in [5.41, 5.74) is 0.535. The molecule has 0 heterocycles. The lowest BCUT2D eigenvalue weighted by atomic mass is 10.1. The zero-order chi connectivity index (χ0) is 11.3. The van der Waals surface area contributed by atoms with Crippen molar-refractivity contribution < 1.29 is 17.7 Å². The summed E-state index contributed by atoms with van der Waals surface area (Å²) in [5.74, 6) is 0. The van der Waals surface area contributed by atoms with E-state index in [1.54, 1.807) is 24.3 Å². The molecule has 0 aliphatic carbocycles. The topological polar surface area (TPSA) is 63.6 Å². The second kappa shape index (κ2) is 4.95. The van der Waals surface area contributed by atoms with Crippen molar-refractivity contribution in [3.05, 3.63) is 42.2 Å². The molecular formula is C10H12O4S. The van der Waals surface area contributed by atoms with Gasteiger partial charge in [0.05, 0.1) is 18.3 Å². The van der Waals surface area contributed by atoms with E-state index in [0.717, 1.165) is 0 Å². The van der Waals surface area contributed by atoms with Gasteiger partial charge in [0.15, 0.2) is 0 Å². The van der Waals surface area contributed by atoms with Crippen molar-refractivity contribution in [1.29, 1.82) is 0 Å². The SMILES string of the molecule is COC=CCc1ccccc1S(=O)(=O)O. The minimum absolute atomic E-state index is 0.0641. The van der Waals surface area contributed by atoms with Gasteiger partial charge < -0.3 is 4.74 Å². The van der Waals surface area contributed by atoms with Crippen LogP contribution in [0.2, 0.25) is 0 Å². The van der Waals surface area contributed by atoms with Gasteiger partial charge in [0, 0.05) is 0 Å². The van der Waals surface area contributed by atoms with Crippen molar-refractivity contribution in [3.63, 3.8) is 0 Å². The number of hydrogen-bond acceptors (Lipinski definition) is 3. The molecule has 82 valence electrons. The fourth-order valence-electron chi connectivity index (χ4n) is 1.20. The summed E-state index contributed by atoms with van der Waals surface area (Å²) in [4.78, 5) is -0.0641. The molecule has 1 N–H and O–H groups in total. The molecule has 1 aromatic carbocycles. The molecule has 4 nitrogen and oxygen atoms in total. The van der Waals surface area contributed by atoms with E-state index >= 15 is 0 Å². The van der Waals surface area contributed by atoms with Gasteiger partial charge in [-0.15, -0.1) is 0 Å². The van der Waals surface area contributed by atoms with Gasteiger partial charge in [-0.3, -0.25) is 4.55 Å². The van der Waals surface area contributed by atoms with Crippen LogP contribution in [0.15, 0.2) is 41.5 Å². The lowest BCUT2D eigenvalue weighted by molar-refractivity contribution is 0.336. The van der Waals surface area contributed by atoms with Gasteiger partial charge in [-0.2, -0.15) is 8.42 Å². The highest BCUT2D eigenvalue weighted by atomic mass is 32.2. The molecule has 0 saturated heterocycles. The molecule has 0 unspecified atom stereocenters. The summed E-state index contributed by atoms with van der Waals surface area (Å²) in [6.45, 7) is 0. The zero-order valence-corrected chi connectivity index (χ0v) is 9.07. The molecule has 0 aliphatic heterocycles. The van der Waals surface area contributed by atoms with Crippen LogP contribution in [-0.2, 0) is 21.3 Å². The van der Waals surface area contributed by atoms with Gasteiger partial charge in [-0.25, -0.2) is 0 Å². The molecule has 0 aromatic heterocycles. The van der Waals surface area contributed by atoms with Crippen LogP contribution >= 0.6 is 0 Å². The first-order chi connectivity index (χ1) is 7.05. The highest BCUT2D eigenvalue weighted by Crippen LogP contribution is 2.15. The number of benzene rings is 1. The highest BCUT2D eigenvalue weighted by molar-refractivity contribution is 7.85. The lowest BCUT2D eigenvalue weighted by Gasteiger charge is -2.03. The first-order valence-electron chi connectivity index (χ1n) is 4.29. The maximum absolute atomic E-state index is 11.0. The Balaban J connectivity index is 3.03. The first-order valence-corrected chi connectivity index (χ1v) is 5.73. The van der Waals surface area contributed by atoms with E-state index in [4.69, 9.17) is 9.29 Å². The van der Waals surface area contributed by atoms with E-state index in [0.29, 0.717) is 12.0 Å². The Bertz CT molecular complexity index is 448. The van der Waals surface area contributed by atoms with Crippen LogP contribution in [0.5, 0.6) is 0 Å². The largest absolute Gasteiger partial charge is 0.505 e. The molecule has 0 amide bonds. The predicted molar refractivity (Wildman–Crippen MR) is 56.1 cm³/mol. The van der Waals surface area contributed by atoms with Crippen LogP contribution in [0, 0.1) is 0 Å². The fraction of sp³-hybridized carbons (Fsp3) is 0.200. The van der Waals surface area contributed by atoms with E-state index in [2.05, 4.69) is 0 Å².